The van der Waals surface area contributed by atoms with Crippen LogP contribution in [0.2, 0.25) is 0 Å². The predicted octanol–water partition coefficient (Wildman–Crippen LogP) is 2.79. The highest BCUT2D eigenvalue weighted by atomic mass is 16.4. The molecule has 1 N–H and O–H groups in total. The summed E-state index contributed by atoms with van der Waals surface area (Å²) in [4.78, 5) is 11.1. The van der Waals surface area contributed by atoms with Crippen LogP contribution in [0, 0.1) is 0 Å². The van der Waals surface area contributed by atoms with Crippen molar-refractivity contribution >= 4 is 5.97 Å². The van der Waals surface area contributed by atoms with Gasteiger partial charge in [-0.05, 0) is 23.8 Å². The Bertz CT molecular complexity index is 815. The number of aryl methyl sites for hydroxylation is 2. The molecule has 0 unspecified atom stereocenters. The molecular weight excluding hydrogens is 266 g/mol. The molecule has 5 nitrogen and oxygen atoms in total. The predicted molar refractivity (Wildman–Crippen MR) is 80.0 cm³/mol. The van der Waals surface area contributed by atoms with Crippen molar-refractivity contribution in [1.82, 2.24) is 14.3 Å². The second-order valence-corrected chi connectivity index (χ2v) is 4.95. The molecule has 0 aliphatic rings. The van der Waals surface area contributed by atoms with Gasteiger partial charge in [0.05, 0.1) is 5.69 Å². The molecule has 0 atom stereocenters. The highest BCUT2D eigenvalue weighted by Crippen LogP contribution is 2.27. The van der Waals surface area contributed by atoms with E-state index in [1.807, 2.05) is 48.3 Å². The van der Waals surface area contributed by atoms with Gasteiger partial charge >= 0.3 is 5.97 Å². The van der Waals surface area contributed by atoms with Gasteiger partial charge in [-0.15, -0.1) is 0 Å². The monoisotopic (exact) mass is 281 g/mol. The Labute approximate surface area is 122 Å². The van der Waals surface area contributed by atoms with Crippen molar-refractivity contribution in [3.8, 4) is 22.4 Å². The first-order valence-electron chi connectivity index (χ1n) is 6.55. The van der Waals surface area contributed by atoms with Crippen LogP contribution in [0.4, 0.5) is 0 Å². The van der Waals surface area contributed by atoms with E-state index in [1.54, 1.807) is 23.9 Å². The lowest BCUT2D eigenvalue weighted by Gasteiger charge is -2.04. The summed E-state index contributed by atoms with van der Waals surface area (Å²) in [7, 11) is 3.63. The summed E-state index contributed by atoms with van der Waals surface area (Å²) in [6.07, 6.45) is 3.58. The summed E-state index contributed by atoms with van der Waals surface area (Å²) < 4.78 is 3.43. The lowest BCUT2D eigenvalue weighted by Crippen LogP contribution is -2.02. The third-order valence-electron chi connectivity index (χ3n) is 3.54. The number of rotatable bonds is 3. The molecule has 106 valence electrons. The molecule has 1 aromatic carbocycles. The molecule has 0 aliphatic carbocycles. The molecule has 0 fully saturated rings. The van der Waals surface area contributed by atoms with Crippen LogP contribution in [-0.4, -0.2) is 25.4 Å². The summed E-state index contributed by atoms with van der Waals surface area (Å²) in [5, 5.41) is 13.3. The zero-order valence-electron chi connectivity index (χ0n) is 11.8. The number of carboxylic acids is 1. The fourth-order valence-electron chi connectivity index (χ4n) is 2.45. The van der Waals surface area contributed by atoms with Gasteiger partial charge in [0.25, 0.3) is 0 Å². The summed E-state index contributed by atoms with van der Waals surface area (Å²) in [5.41, 5.74) is 4.21. The van der Waals surface area contributed by atoms with Gasteiger partial charge in [0, 0.05) is 37.6 Å². The fourth-order valence-corrected chi connectivity index (χ4v) is 2.45. The Morgan fingerprint density at radius 2 is 1.86 bits per heavy atom. The number of hydrogen-bond donors (Lipinski definition) is 1. The number of aromatic nitrogens is 3. The number of benzene rings is 1. The van der Waals surface area contributed by atoms with Crippen LogP contribution in [0.1, 0.15) is 10.5 Å². The smallest absolute Gasteiger partial charge is 0.352 e. The van der Waals surface area contributed by atoms with E-state index in [4.69, 9.17) is 5.11 Å². The van der Waals surface area contributed by atoms with Crippen molar-refractivity contribution in [2.45, 2.75) is 0 Å². The summed E-state index contributed by atoms with van der Waals surface area (Å²) in [5.74, 6) is -0.925. The average molecular weight is 281 g/mol. The first-order valence-corrected chi connectivity index (χ1v) is 6.55. The molecule has 3 rings (SSSR count). The van der Waals surface area contributed by atoms with E-state index >= 15 is 0 Å². The van der Waals surface area contributed by atoms with Gasteiger partial charge in [-0.3, -0.25) is 4.68 Å². The van der Waals surface area contributed by atoms with Crippen molar-refractivity contribution in [1.29, 1.82) is 0 Å². The zero-order valence-corrected chi connectivity index (χ0v) is 11.8. The van der Waals surface area contributed by atoms with E-state index < -0.39 is 5.97 Å². The first kappa shape index (κ1) is 13.2. The van der Waals surface area contributed by atoms with Gasteiger partial charge in [-0.2, -0.15) is 5.10 Å². The van der Waals surface area contributed by atoms with Crippen LogP contribution in [0.3, 0.4) is 0 Å². The molecule has 0 radical (unpaired) electrons. The molecule has 0 saturated heterocycles. The molecule has 2 heterocycles. The highest BCUT2D eigenvalue weighted by Gasteiger charge is 2.12. The highest BCUT2D eigenvalue weighted by molar-refractivity contribution is 5.88. The molecule has 0 amide bonds. The number of nitrogens with zero attached hydrogens (tertiary/aromatic N) is 3. The van der Waals surface area contributed by atoms with Crippen molar-refractivity contribution in [2.75, 3.05) is 0 Å². The number of hydrogen-bond acceptors (Lipinski definition) is 2. The van der Waals surface area contributed by atoms with Gasteiger partial charge < -0.3 is 9.67 Å². The molecule has 0 aliphatic heterocycles. The van der Waals surface area contributed by atoms with Crippen molar-refractivity contribution in [2.24, 2.45) is 14.1 Å². The molecule has 0 spiro atoms. The van der Waals surface area contributed by atoms with Crippen LogP contribution in [0.15, 0.2) is 48.8 Å². The van der Waals surface area contributed by atoms with E-state index in [0.717, 1.165) is 22.4 Å². The maximum Gasteiger partial charge on any atom is 0.352 e. The van der Waals surface area contributed by atoms with Crippen molar-refractivity contribution < 1.29 is 9.90 Å². The van der Waals surface area contributed by atoms with Crippen molar-refractivity contribution in [3.05, 3.63) is 54.5 Å². The topological polar surface area (TPSA) is 60.0 Å². The van der Waals surface area contributed by atoms with Gasteiger partial charge in [-0.25, -0.2) is 4.79 Å². The normalized spacial score (nSPS) is 10.8. The quantitative estimate of drug-likeness (QED) is 0.803. The lowest BCUT2D eigenvalue weighted by molar-refractivity contribution is 0.0686. The van der Waals surface area contributed by atoms with E-state index in [2.05, 4.69) is 5.10 Å². The van der Waals surface area contributed by atoms with Gasteiger partial charge in [0.2, 0.25) is 0 Å². The second-order valence-electron chi connectivity index (χ2n) is 4.95. The van der Waals surface area contributed by atoms with E-state index in [-0.39, 0.29) is 5.69 Å². The molecule has 3 aromatic rings. The molecule has 2 aromatic heterocycles. The summed E-state index contributed by atoms with van der Waals surface area (Å²) >= 11 is 0. The molecular formula is C16H15N3O2. The van der Waals surface area contributed by atoms with Gasteiger partial charge in [0.1, 0.15) is 5.69 Å². The average Bonchev–Trinajstić information content (AvgIpc) is 3.05. The Morgan fingerprint density at radius 1 is 1.10 bits per heavy atom. The third-order valence-corrected chi connectivity index (χ3v) is 3.54. The Morgan fingerprint density at radius 3 is 2.48 bits per heavy atom. The minimum Gasteiger partial charge on any atom is -0.477 e. The summed E-state index contributed by atoms with van der Waals surface area (Å²) in [6.45, 7) is 0. The zero-order chi connectivity index (χ0) is 15.0. The minimum atomic E-state index is -0.925. The fraction of sp³-hybridized carbons (Fsp3) is 0.125. The second kappa shape index (κ2) is 4.94. The van der Waals surface area contributed by atoms with E-state index in [9.17, 15) is 4.79 Å². The van der Waals surface area contributed by atoms with Crippen LogP contribution >= 0.6 is 0 Å². The Balaban J connectivity index is 2.06. The molecule has 5 heteroatoms. The third kappa shape index (κ3) is 2.33. The van der Waals surface area contributed by atoms with Gasteiger partial charge in [0.15, 0.2) is 0 Å². The van der Waals surface area contributed by atoms with Gasteiger partial charge in [-0.1, -0.05) is 18.2 Å². The first-order chi connectivity index (χ1) is 10.1. The van der Waals surface area contributed by atoms with E-state index in [0.29, 0.717) is 0 Å². The molecule has 21 heavy (non-hydrogen) atoms. The van der Waals surface area contributed by atoms with Crippen LogP contribution < -0.4 is 0 Å². The Hall–Kier alpha value is -2.82. The SMILES string of the molecule is Cn1cc(-c2cccc(-c3ccnn3C)c2)cc1C(=O)O. The molecule has 0 bridgehead atoms. The maximum absolute atomic E-state index is 11.1. The van der Waals surface area contributed by atoms with Crippen molar-refractivity contribution in [3.63, 3.8) is 0 Å². The van der Waals surface area contributed by atoms with Crippen LogP contribution in [0.5, 0.6) is 0 Å². The summed E-state index contributed by atoms with van der Waals surface area (Å²) in [6, 6.07) is 11.6. The Kier molecular flexibility index (Phi) is 3.10. The minimum absolute atomic E-state index is 0.274. The van der Waals surface area contributed by atoms with Crippen LogP contribution in [-0.2, 0) is 14.1 Å². The number of carbonyl (C=O) groups is 1. The van der Waals surface area contributed by atoms with Crippen LogP contribution in [0.25, 0.3) is 22.4 Å². The molecule has 0 saturated carbocycles. The van der Waals surface area contributed by atoms with E-state index in [1.165, 1.54) is 0 Å². The lowest BCUT2D eigenvalue weighted by atomic mass is 10.0. The maximum atomic E-state index is 11.1. The number of aromatic carboxylic acids is 1. The number of carboxylic acid groups (broad SMARTS) is 1. The largest absolute Gasteiger partial charge is 0.477 e. The standard InChI is InChI=1S/C16H15N3O2/c1-18-10-13(9-15(18)16(20)21)11-4-3-5-12(8-11)14-6-7-17-19(14)2/h3-10H,1-2H3,(H,20,21).